The summed E-state index contributed by atoms with van der Waals surface area (Å²) in [5, 5.41) is 3.42. The van der Waals surface area contributed by atoms with Crippen LogP contribution in [0.3, 0.4) is 0 Å². The molecule has 5 nitrogen and oxygen atoms in total. The highest BCUT2D eigenvalue weighted by molar-refractivity contribution is 6.32. The van der Waals surface area contributed by atoms with Crippen LogP contribution in [0.4, 0.5) is 11.4 Å². The molecule has 1 heterocycles. The van der Waals surface area contributed by atoms with Crippen LogP contribution >= 0.6 is 11.6 Å². The number of hydrogen-bond acceptors (Lipinski definition) is 3. The monoisotopic (exact) mass is 388 g/mol. The van der Waals surface area contributed by atoms with Crippen molar-refractivity contribution in [3.63, 3.8) is 0 Å². The molecule has 1 saturated heterocycles. The number of nitrogens with zero attached hydrogens (tertiary/aromatic N) is 1. The standard InChI is InChI=1S/C21H26ClN3O2/c1-15-5-4-6-19(16(15)2)25-11-9-24(10-12-25)14-21(26)23-17-7-8-20(27-3)18(22)13-17/h4-8,13H,9-12,14H2,1-3H3,(H,23,26)/p+1. The molecule has 0 bridgehead atoms. The predicted octanol–water partition coefficient (Wildman–Crippen LogP) is 2.31. The molecule has 144 valence electrons. The molecule has 1 amide bonds. The minimum atomic E-state index is 0.00594. The molecule has 27 heavy (non-hydrogen) atoms. The largest absolute Gasteiger partial charge is 0.495 e. The predicted molar refractivity (Wildman–Crippen MR) is 110 cm³/mol. The van der Waals surface area contributed by atoms with Crippen molar-refractivity contribution in [3.05, 3.63) is 52.5 Å². The van der Waals surface area contributed by atoms with Crippen LogP contribution in [0.15, 0.2) is 36.4 Å². The van der Waals surface area contributed by atoms with E-state index in [1.165, 1.54) is 21.7 Å². The van der Waals surface area contributed by atoms with Gasteiger partial charge in [0.25, 0.3) is 5.91 Å². The van der Waals surface area contributed by atoms with Gasteiger partial charge in [-0.2, -0.15) is 0 Å². The number of anilines is 2. The number of carbonyl (C=O) groups is 1. The van der Waals surface area contributed by atoms with E-state index in [9.17, 15) is 4.79 Å². The maximum Gasteiger partial charge on any atom is 0.279 e. The first-order valence-electron chi connectivity index (χ1n) is 9.26. The molecule has 1 fully saturated rings. The van der Waals surface area contributed by atoms with E-state index in [0.29, 0.717) is 23.0 Å². The molecule has 2 aromatic carbocycles. The van der Waals surface area contributed by atoms with E-state index in [-0.39, 0.29) is 5.91 Å². The second kappa shape index (κ2) is 8.63. The number of ether oxygens (including phenoxy) is 1. The molecule has 0 radical (unpaired) electrons. The fraction of sp³-hybridized carbons (Fsp3) is 0.381. The van der Waals surface area contributed by atoms with Crippen molar-refractivity contribution in [3.8, 4) is 5.75 Å². The Hall–Kier alpha value is -2.24. The van der Waals surface area contributed by atoms with Gasteiger partial charge in [-0.3, -0.25) is 4.79 Å². The van der Waals surface area contributed by atoms with Gasteiger partial charge in [-0.25, -0.2) is 0 Å². The maximum absolute atomic E-state index is 12.4. The van der Waals surface area contributed by atoms with Crippen LogP contribution in [0.1, 0.15) is 11.1 Å². The lowest BCUT2D eigenvalue weighted by atomic mass is 10.1. The van der Waals surface area contributed by atoms with Crippen molar-refractivity contribution in [2.45, 2.75) is 13.8 Å². The molecule has 0 atom stereocenters. The van der Waals surface area contributed by atoms with E-state index in [1.54, 1.807) is 25.3 Å². The zero-order valence-corrected chi connectivity index (χ0v) is 16.9. The normalized spacial score (nSPS) is 14.9. The van der Waals surface area contributed by atoms with Gasteiger partial charge in [0.1, 0.15) is 5.75 Å². The number of benzene rings is 2. The Bertz CT molecular complexity index is 817. The lowest BCUT2D eigenvalue weighted by Crippen LogP contribution is -3.15. The van der Waals surface area contributed by atoms with Gasteiger partial charge in [0.2, 0.25) is 0 Å². The van der Waals surface area contributed by atoms with Gasteiger partial charge in [-0.1, -0.05) is 23.7 Å². The Labute approximate surface area is 165 Å². The van der Waals surface area contributed by atoms with E-state index in [4.69, 9.17) is 16.3 Å². The number of methoxy groups -OCH3 is 1. The fourth-order valence-electron chi connectivity index (χ4n) is 3.50. The van der Waals surface area contributed by atoms with Crippen LogP contribution in [-0.2, 0) is 4.79 Å². The van der Waals surface area contributed by atoms with E-state index >= 15 is 0 Å². The molecular weight excluding hydrogens is 362 g/mol. The molecular formula is C21H27ClN3O2+. The summed E-state index contributed by atoms with van der Waals surface area (Å²) in [6.07, 6.45) is 0. The third-order valence-corrected chi connectivity index (χ3v) is 5.53. The van der Waals surface area contributed by atoms with Crippen molar-refractivity contribution in [1.82, 2.24) is 0 Å². The van der Waals surface area contributed by atoms with Gasteiger partial charge in [0, 0.05) is 11.4 Å². The number of hydrogen-bond donors (Lipinski definition) is 2. The Morgan fingerprint density at radius 3 is 2.63 bits per heavy atom. The third kappa shape index (κ3) is 4.73. The van der Waals surface area contributed by atoms with Crippen molar-refractivity contribution in [2.75, 3.05) is 50.1 Å². The number of rotatable bonds is 5. The summed E-state index contributed by atoms with van der Waals surface area (Å²) in [4.78, 5) is 16.1. The van der Waals surface area contributed by atoms with Gasteiger partial charge >= 0.3 is 0 Å². The summed E-state index contributed by atoms with van der Waals surface area (Å²) >= 11 is 6.12. The van der Waals surface area contributed by atoms with Crippen LogP contribution in [0.2, 0.25) is 5.02 Å². The van der Waals surface area contributed by atoms with Gasteiger partial charge < -0.3 is 19.9 Å². The first-order chi connectivity index (χ1) is 13.0. The number of amides is 1. The molecule has 0 spiro atoms. The van der Waals surface area contributed by atoms with Crippen molar-refractivity contribution in [1.29, 1.82) is 0 Å². The molecule has 0 aromatic heterocycles. The van der Waals surface area contributed by atoms with E-state index in [2.05, 4.69) is 42.3 Å². The summed E-state index contributed by atoms with van der Waals surface area (Å²) in [6, 6.07) is 11.7. The maximum atomic E-state index is 12.4. The quantitative estimate of drug-likeness (QED) is 0.826. The number of aryl methyl sites for hydroxylation is 1. The minimum Gasteiger partial charge on any atom is -0.495 e. The molecule has 2 N–H and O–H groups in total. The fourth-order valence-corrected chi connectivity index (χ4v) is 3.75. The SMILES string of the molecule is COc1ccc(NC(=O)C[NH+]2CCN(c3cccc(C)c3C)CC2)cc1Cl. The molecule has 0 saturated carbocycles. The summed E-state index contributed by atoms with van der Waals surface area (Å²) in [5.74, 6) is 0.606. The van der Waals surface area contributed by atoms with Gasteiger partial charge in [-0.15, -0.1) is 0 Å². The Kier molecular flexibility index (Phi) is 6.24. The smallest absolute Gasteiger partial charge is 0.279 e. The highest BCUT2D eigenvalue weighted by atomic mass is 35.5. The Morgan fingerprint density at radius 1 is 1.22 bits per heavy atom. The van der Waals surface area contributed by atoms with E-state index in [1.807, 2.05) is 0 Å². The Morgan fingerprint density at radius 2 is 1.96 bits per heavy atom. The number of halogens is 1. The summed E-state index contributed by atoms with van der Waals surface area (Å²) in [5.41, 5.74) is 4.67. The summed E-state index contributed by atoms with van der Waals surface area (Å²) in [7, 11) is 1.57. The number of nitrogens with one attached hydrogen (secondary N) is 2. The highest BCUT2D eigenvalue weighted by Gasteiger charge is 2.23. The molecule has 2 aromatic rings. The van der Waals surface area contributed by atoms with Gasteiger partial charge in [0.05, 0.1) is 38.3 Å². The molecule has 3 rings (SSSR count). The average Bonchev–Trinajstić information content (AvgIpc) is 2.65. The average molecular weight is 389 g/mol. The van der Waals surface area contributed by atoms with Crippen LogP contribution in [0.5, 0.6) is 5.75 Å². The molecule has 1 aliphatic rings. The zero-order valence-electron chi connectivity index (χ0n) is 16.1. The first-order valence-corrected chi connectivity index (χ1v) is 9.64. The second-order valence-corrected chi connectivity index (χ2v) is 7.44. The summed E-state index contributed by atoms with van der Waals surface area (Å²) < 4.78 is 5.14. The lowest BCUT2D eigenvalue weighted by molar-refractivity contribution is -0.892. The first kappa shape index (κ1) is 19.5. The van der Waals surface area contributed by atoms with Crippen molar-refractivity contribution >= 4 is 28.9 Å². The molecule has 6 heteroatoms. The number of carbonyl (C=O) groups excluding carboxylic acids is 1. The number of quaternary nitrogens is 1. The molecule has 1 aliphatic heterocycles. The van der Waals surface area contributed by atoms with Crippen LogP contribution in [0, 0.1) is 13.8 Å². The van der Waals surface area contributed by atoms with E-state index < -0.39 is 0 Å². The lowest BCUT2D eigenvalue weighted by Gasteiger charge is -2.34. The minimum absolute atomic E-state index is 0.00594. The van der Waals surface area contributed by atoms with Crippen LogP contribution in [0.25, 0.3) is 0 Å². The number of piperazine rings is 1. The summed E-state index contributed by atoms with van der Waals surface area (Å²) in [6.45, 7) is 8.61. The van der Waals surface area contributed by atoms with E-state index in [0.717, 1.165) is 26.2 Å². The van der Waals surface area contributed by atoms with Gasteiger partial charge in [-0.05, 0) is 49.2 Å². The van der Waals surface area contributed by atoms with Crippen LogP contribution in [-0.4, -0.2) is 45.7 Å². The van der Waals surface area contributed by atoms with Crippen molar-refractivity contribution < 1.29 is 14.4 Å². The third-order valence-electron chi connectivity index (χ3n) is 5.23. The molecule has 0 unspecified atom stereocenters. The zero-order chi connectivity index (χ0) is 19.4. The van der Waals surface area contributed by atoms with Gasteiger partial charge in [0.15, 0.2) is 6.54 Å². The second-order valence-electron chi connectivity index (χ2n) is 7.03. The topological polar surface area (TPSA) is 46.0 Å². The highest BCUT2D eigenvalue weighted by Crippen LogP contribution is 2.27. The van der Waals surface area contributed by atoms with Crippen LogP contribution < -0.4 is 19.9 Å². The molecule has 0 aliphatic carbocycles. The Balaban J connectivity index is 1.52. The van der Waals surface area contributed by atoms with Crippen molar-refractivity contribution in [2.24, 2.45) is 0 Å².